The molecule has 96 valence electrons. The zero-order valence-corrected chi connectivity index (χ0v) is 11.4. The molecule has 2 N–H and O–H groups in total. The highest BCUT2D eigenvalue weighted by Crippen LogP contribution is 2.26. The van der Waals surface area contributed by atoms with E-state index in [-0.39, 0.29) is 11.8 Å². The highest BCUT2D eigenvalue weighted by Gasteiger charge is 2.11. The topological polar surface area (TPSA) is 32.3 Å². The molecule has 1 aromatic heterocycles. The molecule has 0 amide bonds. The van der Waals surface area contributed by atoms with E-state index in [1.54, 1.807) is 6.07 Å². The number of thiophene rings is 1. The van der Waals surface area contributed by atoms with Crippen molar-refractivity contribution < 1.29 is 9.50 Å². The molecular formula is C13H13ClFNOS. The lowest BCUT2D eigenvalue weighted by Gasteiger charge is -2.15. The minimum atomic E-state index is -0.437. The molecule has 2 aromatic rings. The van der Waals surface area contributed by atoms with E-state index < -0.39 is 5.82 Å². The Labute approximate surface area is 114 Å². The molecule has 0 aliphatic rings. The lowest BCUT2D eigenvalue weighted by Crippen LogP contribution is -2.17. The van der Waals surface area contributed by atoms with Crippen LogP contribution in [0.5, 0.6) is 5.75 Å². The summed E-state index contributed by atoms with van der Waals surface area (Å²) in [5.41, 5.74) is 0.680. The van der Waals surface area contributed by atoms with Crippen LogP contribution in [0.15, 0.2) is 30.3 Å². The number of hydrogen-bond acceptors (Lipinski definition) is 3. The van der Waals surface area contributed by atoms with Gasteiger partial charge in [-0.2, -0.15) is 0 Å². The number of phenolic OH excluding ortho intramolecular Hbond substituents is 1. The largest absolute Gasteiger partial charge is 0.508 e. The number of hydrogen-bond donors (Lipinski definition) is 2. The molecule has 2 nitrogen and oxygen atoms in total. The molecular weight excluding hydrogens is 273 g/mol. The first-order valence-electron chi connectivity index (χ1n) is 5.52. The Morgan fingerprint density at radius 3 is 2.78 bits per heavy atom. The summed E-state index contributed by atoms with van der Waals surface area (Å²) in [6.07, 6.45) is 0. The third-order valence-corrected chi connectivity index (χ3v) is 3.90. The molecule has 1 unspecified atom stereocenters. The molecule has 0 spiro atoms. The fraction of sp³-hybridized carbons (Fsp3) is 0.231. The Bertz CT molecular complexity index is 544. The van der Waals surface area contributed by atoms with E-state index in [9.17, 15) is 9.50 Å². The van der Waals surface area contributed by atoms with Gasteiger partial charge in [0.2, 0.25) is 0 Å². The summed E-state index contributed by atoms with van der Waals surface area (Å²) in [7, 11) is 0. The summed E-state index contributed by atoms with van der Waals surface area (Å²) in [5.74, 6) is -0.465. The highest BCUT2D eigenvalue weighted by atomic mass is 35.5. The number of phenols is 1. The van der Waals surface area contributed by atoms with Crippen molar-refractivity contribution in [2.75, 3.05) is 0 Å². The van der Waals surface area contributed by atoms with Gasteiger partial charge in [-0.1, -0.05) is 17.7 Å². The molecule has 1 heterocycles. The zero-order valence-electron chi connectivity index (χ0n) is 9.78. The van der Waals surface area contributed by atoms with Gasteiger partial charge >= 0.3 is 0 Å². The molecule has 0 aliphatic heterocycles. The van der Waals surface area contributed by atoms with Gasteiger partial charge in [0.15, 0.2) is 0 Å². The molecule has 0 saturated heterocycles. The second kappa shape index (κ2) is 5.69. The van der Waals surface area contributed by atoms with Crippen LogP contribution in [-0.2, 0) is 6.54 Å². The Balaban J connectivity index is 2.01. The van der Waals surface area contributed by atoms with Crippen molar-refractivity contribution >= 4 is 22.9 Å². The van der Waals surface area contributed by atoms with Crippen molar-refractivity contribution in [3.05, 3.63) is 50.9 Å². The lowest BCUT2D eigenvalue weighted by molar-refractivity contribution is 0.447. The second-order valence-corrected chi connectivity index (χ2v) is 5.81. The quantitative estimate of drug-likeness (QED) is 0.886. The minimum Gasteiger partial charge on any atom is -0.508 e. The standard InChI is InChI=1S/C13H13ClFNOS/c1-8(11-4-2-9(15)6-12(11)17)16-7-10-3-5-13(14)18-10/h2-6,8,16-17H,7H2,1H3. The average molecular weight is 286 g/mol. The molecule has 1 aromatic carbocycles. The molecule has 0 aliphatic carbocycles. The van der Waals surface area contributed by atoms with Gasteiger partial charge in [0.25, 0.3) is 0 Å². The van der Waals surface area contributed by atoms with Gasteiger partial charge in [-0.25, -0.2) is 4.39 Å². The second-order valence-electron chi connectivity index (χ2n) is 4.01. The van der Waals surface area contributed by atoms with Crippen LogP contribution in [0.4, 0.5) is 4.39 Å². The lowest BCUT2D eigenvalue weighted by atomic mass is 10.1. The first kappa shape index (κ1) is 13.3. The molecule has 0 fully saturated rings. The Kier molecular flexibility index (Phi) is 4.22. The maximum atomic E-state index is 12.9. The summed E-state index contributed by atoms with van der Waals surface area (Å²) in [6, 6.07) is 7.79. The Morgan fingerprint density at radius 2 is 2.17 bits per heavy atom. The summed E-state index contributed by atoms with van der Waals surface area (Å²) < 4.78 is 13.6. The number of aromatic hydroxyl groups is 1. The first-order valence-corrected chi connectivity index (χ1v) is 6.71. The van der Waals surface area contributed by atoms with Crippen LogP contribution in [0.1, 0.15) is 23.4 Å². The van der Waals surface area contributed by atoms with Crippen molar-refractivity contribution in [1.82, 2.24) is 5.32 Å². The van der Waals surface area contributed by atoms with Crippen LogP contribution >= 0.6 is 22.9 Å². The number of rotatable bonds is 4. The van der Waals surface area contributed by atoms with Crippen molar-refractivity contribution in [2.24, 2.45) is 0 Å². The smallest absolute Gasteiger partial charge is 0.126 e. The molecule has 0 radical (unpaired) electrons. The van der Waals surface area contributed by atoms with Crippen LogP contribution in [0.25, 0.3) is 0 Å². The van der Waals surface area contributed by atoms with E-state index in [4.69, 9.17) is 11.6 Å². The minimum absolute atomic E-state index is 0.0285. The maximum absolute atomic E-state index is 12.9. The van der Waals surface area contributed by atoms with Gasteiger partial charge in [-0.05, 0) is 25.1 Å². The van der Waals surface area contributed by atoms with Gasteiger partial charge in [0.05, 0.1) is 4.34 Å². The van der Waals surface area contributed by atoms with E-state index in [0.717, 1.165) is 15.3 Å². The highest BCUT2D eigenvalue weighted by molar-refractivity contribution is 7.16. The third-order valence-electron chi connectivity index (χ3n) is 2.67. The Morgan fingerprint density at radius 1 is 1.39 bits per heavy atom. The van der Waals surface area contributed by atoms with Gasteiger partial charge in [0.1, 0.15) is 11.6 Å². The molecule has 2 rings (SSSR count). The van der Waals surface area contributed by atoms with E-state index >= 15 is 0 Å². The normalized spacial score (nSPS) is 12.6. The molecule has 0 bridgehead atoms. The van der Waals surface area contributed by atoms with Crippen LogP contribution < -0.4 is 5.32 Å². The summed E-state index contributed by atoms with van der Waals surface area (Å²) in [6.45, 7) is 2.58. The summed E-state index contributed by atoms with van der Waals surface area (Å²) in [5, 5.41) is 12.9. The monoisotopic (exact) mass is 285 g/mol. The zero-order chi connectivity index (χ0) is 13.1. The van der Waals surface area contributed by atoms with E-state index in [1.807, 2.05) is 19.1 Å². The van der Waals surface area contributed by atoms with Gasteiger partial charge in [-0.3, -0.25) is 0 Å². The third kappa shape index (κ3) is 3.22. The van der Waals surface area contributed by atoms with Crippen LogP contribution in [-0.4, -0.2) is 5.11 Å². The number of benzene rings is 1. The van der Waals surface area contributed by atoms with E-state index in [1.165, 1.54) is 17.4 Å². The molecule has 1 atom stereocenters. The van der Waals surface area contributed by atoms with Gasteiger partial charge in [-0.15, -0.1) is 11.3 Å². The van der Waals surface area contributed by atoms with Crippen LogP contribution in [0.2, 0.25) is 4.34 Å². The molecule has 0 saturated carbocycles. The number of nitrogens with one attached hydrogen (secondary N) is 1. The maximum Gasteiger partial charge on any atom is 0.126 e. The predicted molar refractivity (Wildman–Crippen MR) is 72.6 cm³/mol. The Hall–Kier alpha value is -1.10. The van der Waals surface area contributed by atoms with Crippen molar-refractivity contribution in [1.29, 1.82) is 0 Å². The predicted octanol–water partition coefficient (Wildman–Crippen LogP) is 4.10. The summed E-state index contributed by atoms with van der Waals surface area (Å²) >= 11 is 7.36. The summed E-state index contributed by atoms with van der Waals surface area (Å²) in [4.78, 5) is 1.12. The van der Waals surface area contributed by atoms with Crippen LogP contribution in [0, 0.1) is 5.82 Å². The van der Waals surface area contributed by atoms with Crippen molar-refractivity contribution in [3.63, 3.8) is 0 Å². The number of halogens is 2. The van der Waals surface area contributed by atoms with E-state index in [2.05, 4.69) is 5.32 Å². The fourth-order valence-corrected chi connectivity index (χ4v) is 2.73. The molecule has 5 heteroatoms. The average Bonchev–Trinajstić information content (AvgIpc) is 2.72. The SMILES string of the molecule is CC(NCc1ccc(Cl)s1)c1ccc(F)cc1O. The molecule has 18 heavy (non-hydrogen) atoms. The fourth-order valence-electron chi connectivity index (χ4n) is 1.69. The van der Waals surface area contributed by atoms with E-state index in [0.29, 0.717) is 12.1 Å². The van der Waals surface area contributed by atoms with Crippen molar-refractivity contribution in [2.45, 2.75) is 19.5 Å². The van der Waals surface area contributed by atoms with Gasteiger partial charge in [0, 0.05) is 29.1 Å². The van der Waals surface area contributed by atoms with Crippen molar-refractivity contribution in [3.8, 4) is 5.75 Å². The van der Waals surface area contributed by atoms with Gasteiger partial charge < -0.3 is 10.4 Å². The first-order chi connectivity index (χ1) is 8.56. The van der Waals surface area contributed by atoms with Crippen LogP contribution in [0.3, 0.4) is 0 Å².